The summed E-state index contributed by atoms with van der Waals surface area (Å²) in [5.74, 6) is 0.880. The predicted molar refractivity (Wildman–Crippen MR) is 56.9 cm³/mol. The first-order valence-corrected chi connectivity index (χ1v) is 5.03. The fourth-order valence-electron chi connectivity index (χ4n) is 1.80. The molecule has 3 rings (SSSR count). The van der Waals surface area contributed by atoms with Gasteiger partial charge in [-0.05, 0) is 37.0 Å². The van der Waals surface area contributed by atoms with Crippen LogP contribution in [0, 0.1) is 5.92 Å². The van der Waals surface area contributed by atoms with E-state index in [1.54, 1.807) is 0 Å². The number of imidazole rings is 1. The Hall–Kier alpha value is -1.51. The maximum Gasteiger partial charge on any atom is 0.0958 e. The van der Waals surface area contributed by atoms with Crippen molar-refractivity contribution in [1.82, 2.24) is 9.55 Å². The van der Waals surface area contributed by atoms with Crippen molar-refractivity contribution in [3.8, 4) is 0 Å². The van der Waals surface area contributed by atoms with Gasteiger partial charge in [0.05, 0.1) is 17.4 Å². The van der Waals surface area contributed by atoms with E-state index in [1.165, 1.54) is 18.4 Å². The van der Waals surface area contributed by atoms with Crippen LogP contribution in [0.25, 0.3) is 11.0 Å². The number of fused-ring (bicyclic) bond motifs is 1. The third kappa shape index (κ3) is 1.25. The molecule has 1 fully saturated rings. The standard InChI is InChI=1S/C11H13N3/c12-9-3-4-11-10(5-9)13-7-14(11)6-8-1-2-8/h3-5,7-8H,1-2,6,12H2. The van der Waals surface area contributed by atoms with Crippen molar-refractivity contribution in [2.75, 3.05) is 5.73 Å². The molecule has 1 heterocycles. The number of nitrogen functional groups attached to an aromatic ring is 1. The summed E-state index contributed by atoms with van der Waals surface area (Å²) in [7, 11) is 0. The summed E-state index contributed by atoms with van der Waals surface area (Å²) in [5.41, 5.74) is 8.69. The number of rotatable bonds is 2. The lowest BCUT2D eigenvalue weighted by Gasteiger charge is -2.01. The van der Waals surface area contributed by atoms with Crippen LogP contribution in [0.3, 0.4) is 0 Å². The van der Waals surface area contributed by atoms with Gasteiger partial charge in [0.2, 0.25) is 0 Å². The van der Waals surface area contributed by atoms with E-state index in [-0.39, 0.29) is 0 Å². The van der Waals surface area contributed by atoms with Crippen molar-refractivity contribution >= 4 is 16.7 Å². The van der Waals surface area contributed by atoms with Gasteiger partial charge < -0.3 is 10.3 Å². The molecule has 72 valence electrons. The second-order valence-corrected chi connectivity index (χ2v) is 4.09. The first kappa shape index (κ1) is 7.85. The minimum Gasteiger partial charge on any atom is -0.399 e. The zero-order chi connectivity index (χ0) is 9.54. The van der Waals surface area contributed by atoms with Crippen LogP contribution in [0.15, 0.2) is 24.5 Å². The lowest BCUT2D eigenvalue weighted by molar-refractivity contribution is 0.642. The fourth-order valence-corrected chi connectivity index (χ4v) is 1.80. The first-order valence-electron chi connectivity index (χ1n) is 5.03. The number of nitrogens with two attached hydrogens (primary N) is 1. The quantitative estimate of drug-likeness (QED) is 0.731. The molecule has 0 atom stereocenters. The van der Waals surface area contributed by atoms with Gasteiger partial charge in [-0.3, -0.25) is 0 Å². The van der Waals surface area contributed by atoms with E-state index in [0.29, 0.717) is 0 Å². The Morgan fingerprint density at radius 1 is 1.43 bits per heavy atom. The Kier molecular flexibility index (Phi) is 1.54. The highest BCUT2D eigenvalue weighted by molar-refractivity contribution is 5.78. The van der Waals surface area contributed by atoms with E-state index in [9.17, 15) is 0 Å². The summed E-state index contributed by atoms with van der Waals surface area (Å²) in [6, 6.07) is 5.92. The van der Waals surface area contributed by atoms with Crippen LogP contribution >= 0.6 is 0 Å². The predicted octanol–water partition coefficient (Wildman–Crippen LogP) is 2.03. The molecule has 14 heavy (non-hydrogen) atoms. The van der Waals surface area contributed by atoms with Crippen LogP contribution in [0.5, 0.6) is 0 Å². The molecule has 0 saturated heterocycles. The summed E-state index contributed by atoms with van der Waals surface area (Å²) in [6.07, 6.45) is 4.66. The molecule has 2 aromatic rings. The normalized spacial score (nSPS) is 16.3. The van der Waals surface area contributed by atoms with Crippen molar-refractivity contribution in [3.63, 3.8) is 0 Å². The Morgan fingerprint density at radius 2 is 2.29 bits per heavy atom. The van der Waals surface area contributed by atoms with E-state index < -0.39 is 0 Å². The molecule has 0 amide bonds. The van der Waals surface area contributed by atoms with Gasteiger partial charge in [-0.15, -0.1) is 0 Å². The van der Waals surface area contributed by atoms with Gasteiger partial charge in [0.25, 0.3) is 0 Å². The average molecular weight is 187 g/mol. The second-order valence-electron chi connectivity index (χ2n) is 4.09. The van der Waals surface area contributed by atoms with Crippen molar-refractivity contribution in [2.24, 2.45) is 5.92 Å². The molecule has 1 aromatic heterocycles. The lowest BCUT2D eigenvalue weighted by Crippen LogP contribution is -1.97. The van der Waals surface area contributed by atoms with Crippen LogP contribution in [0.4, 0.5) is 5.69 Å². The van der Waals surface area contributed by atoms with Gasteiger partial charge in [0.1, 0.15) is 0 Å². The topological polar surface area (TPSA) is 43.8 Å². The second kappa shape index (κ2) is 2.74. The molecule has 3 nitrogen and oxygen atoms in total. The highest BCUT2D eigenvalue weighted by Gasteiger charge is 2.22. The van der Waals surface area contributed by atoms with E-state index in [4.69, 9.17) is 5.73 Å². The van der Waals surface area contributed by atoms with E-state index in [0.717, 1.165) is 23.7 Å². The lowest BCUT2D eigenvalue weighted by atomic mass is 10.3. The molecule has 0 spiro atoms. The molecule has 1 aliphatic carbocycles. The summed E-state index contributed by atoms with van der Waals surface area (Å²) in [5, 5.41) is 0. The van der Waals surface area contributed by atoms with Gasteiger partial charge in [-0.25, -0.2) is 4.98 Å². The minimum atomic E-state index is 0.786. The van der Waals surface area contributed by atoms with Gasteiger partial charge in [-0.2, -0.15) is 0 Å². The van der Waals surface area contributed by atoms with Crippen LogP contribution < -0.4 is 5.73 Å². The molecule has 0 bridgehead atoms. The first-order chi connectivity index (χ1) is 6.83. The van der Waals surface area contributed by atoms with Gasteiger partial charge in [0.15, 0.2) is 0 Å². The summed E-state index contributed by atoms with van der Waals surface area (Å²) in [4.78, 5) is 4.34. The van der Waals surface area contributed by atoms with Crippen LogP contribution in [-0.4, -0.2) is 9.55 Å². The van der Waals surface area contributed by atoms with Crippen LogP contribution in [-0.2, 0) is 6.54 Å². The van der Waals surface area contributed by atoms with Gasteiger partial charge in [-0.1, -0.05) is 0 Å². The number of nitrogens with zero attached hydrogens (tertiary/aromatic N) is 2. The zero-order valence-electron chi connectivity index (χ0n) is 7.98. The molecule has 0 aliphatic heterocycles. The molecule has 2 N–H and O–H groups in total. The van der Waals surface area contributed by atoms with Crippen molar-refractivity contribution in [1.29, 1.82) is 0 Å². The highest BCUT2D eigenvalue weighted by Crippen LogP contribution is 2.31. The third-order valence-corrected chi connectivity index (χ3v) is 2.80. The average Bonchev–Trinajstić information content (AvgIpc) is 2.89. The summed E-state index contributed by atoms with van der Waals surface area (Å²) < 4.78 is 2.23. The summed E-state index contributed by atoms with van der Waals surface area (Å²) >= 11 is 0. The maximum absolute atomic E-state index is 5.70. The Balaban J connectivity index is 2.06. The molecule has 1 saturated carbocycles. The summed E-state index contributed by atoms with van der Waals surface area (Å²) in [6.45, 7) is 1.11. The van der Waals surface area contributed by atoms with E-state index in [1.807, 2.05) is 18.5 Å². The maximum atomic E-state index is 5.70. The highest BCUT2D eigenvalue weighted by atomic mass is 15.0. The zero-order valence-corrected chi connectivity index (χ0v) is 7.98. The number of hydrogen-bond donors (Lipinski definition) is 1. The number of hydrogen-bond acceptors (Lipinski definition) is 2. The van der Waals surface area contributed by atoms with Crippen LogP contribution in [0.2, 0.25) is 0 Å². The molecule has 3 heteroatoms. The molecule has 1 aliphatic rings. The smallest absolute Gasteiger partial charge is 0.0958 e. The van der Waals surface area contributed by atoms with Crippen molar-refractivity contribution in [3.05, 3.63) is 24.5 Å². The Bertz CT molecular complexity index is 468. The molecule has 0 unspecified atom stereocenters. The number of benzene rings is 1. The third-order valence-electron chi connectivity index (χ3n) is 2.80. The van der Waals surface area contributed by atoms with Crippen LogP contribution in [0.1, 0.15) is 12.8 Å². The minimum absolute atomic E-state index is 0.786. The Labute approximate surface area is 82.5 Å². The fraction of sp³-hybridized carbons (Fsp3) is 0.364. The molecular weight excluding hydrogens is 174 g/mol. The van der Waals surface area contributed by atoms with E-state index >= 15 is 0 Å². The van der Waals surface area contributed by atoms with Gasteiger partial charge in [0, 0.05) is 12.2 Å². The van der Waals surface area contributed by atoms with Crippen molar-refractivity contribution < 1.29 is 0 Å². The number of anilines is 1. The monoisotopic (exact) mass is 187 g/mol. The Morgan fingerprint density at radius 3 is 3.07 bits per heavy atom. The molecular formula is C11H13N3. The SMILES string of the molecule is Nc1ccc2c(c1)ncn2CC1CC1. The molecule has 0 radical (unpaired) electrons. The largest absolute Gasteiger partial charge is 0.399 e. The number of aromatic nitrogens is 2. The van der Waals surface area contributed by atoms with E-state index in [2.05, 4.69) is 15.6 Å². The van der Waals surface area contributed by atoms with Gasteiger partial charge >= 0.3 is 0 Å². The van der Waals surface area contributed by atoms with Crippen molar-refractivity contribution in [2.45, 2.75) is 19.4 Å². The molecule has 1 aromatic carbocycles.